The highest BCUT2D eigenvalue weighted by molar-refractivity contribution is 5.46. The molecular weight excluding hydrogens is 247 g/mol. The third-order valence-electron chi connectivity index (χ3n) is 2.64. The molecule has 100 valence electrons. The van der Waals surface area contributed by atoms with Gasteiger partial charge in [-0.1, -0.05) is 12.1 Å². The molecule has 0 aliphatic heterocycles. The lowest BCUT2D eigenvalue weighted by Crippen LogP contribution is -2.04. The molecule has 0 saturated heterocycles. The summed E-state index contributed by atoms with van der Waals surface area (Å²) < 4.78 is 23.9. The van der Waals surface area contributed by atoms with Gasteiger partial charge >= 0.3 is 0 Å². The first kappa shape index (κ1) is 13.3. The number of methoxy groups -OCH3 is 1. The maximum atomic E-state index is 13.0. The van der Waals surface area contributed by atoms with Gasteiger partial charge in [-0.15, -0.1) is 0 Å². The molecule has 1 aromatic carbocycles. The monoisotopic (exact) mass is 262 g/mol. The van der Waals surface area contributed by atoms with Crippen LogP contribution in [0.25, 0.3) is 0 Å². The maximum Gasteiger partial charge on any atom is 0.166 e. The number of rotatable bonds is 5. The van der Waals surface area contributed by atoms with Crippen molar-refractivity contribution < 1.29 is 13.9 Å². The molecule has 0 spiro atoms. The van der Waals surface area contributed by atoms with E-state index in [4.69, 9.17) is 15.2 Å². The first-order chi connectivity index (χ1) is 9.24. The van der Waals surface area contributed by atoms with Crippen LogP contribution in [0.1, 0.15) is 11.1 Å². The van der Waals surface area contributed by atoms with Gasteiger partial charge in [0.1, 0.15) is 12.4 Å². The Morgan fingerprint density at radius 3 is 2.84 bits per heavy atom. The number of ether oxygens (including phenoxy) is 2. The van der Waals surface area contributed by atoms with Crippen LogP contribution in [-0.2, 0) is 13.2 Å². The molecule has 0 amide bonds. The van der Waals surface area contributed by atoms with Crippen molar-refractivity contribution in [3.8, 4) is 11.5 Å². The van der Waals surface area contributed by atoms with Crippen molar-refractivity contribution in [2.24, 2.45) is 5.73 Å². The van der Waals surface area contributed by atoms with Gasteiger partial charge in [-0.2, -0.15) is 0 Å². The van der Waals surface area contributed by atoms with E-state index >= 15 is 0 Å². The van der Waals surface area contributed by atoms with E-state index in [2.05, 4.69) is 4.98 Å². The Labute approximate surface area is 111 Å². The fraction of sp³-hybridized carbons (Fsp3) is 0.214. The lowest BCUT2D eigenvalue weighted by atomic mass is 10.2. The Morgan fingerprint density at radius 2 is 2.16 bits per heavy atom. The predicted octanol–water partition coefficient (Wildman–Crippen LogP) is 2.27. The summed E-state index contributed by atoms with van der Waals surface area (Å²) in [5.74, 6) is 0.796. The number of nitrogens with two attached hydrogens (primary N) is 1. The maximum absolute atomic E-state index is 13.0. The lowest BCUT2D eigenvalue weighted by molar-refractivity contribution is 0.280. The van der Waals surface area contributed by atoms with Gasteiger partial charge in [0.25, 0.3) is 0 Å². The quantitative estimate of drug-likeness (QED) is 0.898. The molecule has 0 unspecified atom stereocenters. The Bertz CT molecular complexity index is 539. The van der Waals surface area contributed by atoms with Gasteiger partial charge in [0.2, 0.25) is 0 Å². The van der Waals surface area contributed by atoms with Crippen molar-refractivity contribution in [3.05, 3.63) is 53.6 Å². The van der Waals surface area contributed by atoms with Crippen molar-refractivity contribution >= 4 is 0 Å². The van der Waals surface area contributed by atoms with Gasteiger partial charge in [0, 0.05) is 23.9 Å². The summed E-state index contributed by atoms with van der Waals surface area (Å²) >= 11 is 0. The number of aromatic nitrogens is 1. The standard InChI is InChI=1S/C14H15FN2O2/c1-18-13-4-2-3-11(6-16)14(13)19-9-10-5-12(15)8-17-7-10/h2-5,7-8H,6,9,16H2,1H3. The first-order valence-electron chi connectivity index (χ1n) is 5.82. The van der Waals surface area contributed by atoms with Gasteiger partial charge in [0.05, 0.1) is 13.3 Å². The van der Waals surface area contributed by atoms with Gasteiger partial charge in [0.15, 0.2) is 11.5 Å². The Balaban J connectivity index is 2.19. The Kier molecular flexibility index (Phi) is 4.30. The molecule has 0 atom stereocenters. The number of para-hydroxylation sites is 1. The van der Waals surface area contributed by atoms with E-state index in [-0.39, 0.29) is 12.4 Å². The minimum Gasteiger partial charge on any atom is -0.493 e. The fourth-order valence-electron chi connectivity index (χ4n) is 1.74. The van der Waals surface area contributed by atoms with Gasteiger partial charge < -0.3 is 15.2 Å². The van der Waals surface area contributed by atoms with E-state index in [0.29, 0.717) is 23.6 Å². The molecule has 2 N–H and O–H groups in total. The van der Waals surface area contributed by atoms with E-state index in [1.807, 2.05) is 12.1 Å². The summed E-state index contributed by atoms with van der Waals surface area (Å²) in [5, 5.41) is 0. The molecule has 4 nitrogen and oxygen atoms in total. The summed E-state index contributed by atoms with van der Waals surface area (Å²) in [6.45, 7) is 0.548. The third kappa shape index (κ3) is 3.20. The SMILES string of the molecule is COc1cccc(CN)c1OCc1cncc(F)c1. The molecule has 5 heteroatoms. The first-order valence-corrected chi connectivity index (χ1v) is 5.82. The fourth-order valence-corrected chi connectivity index (χ4v) is 1.74. The molecule has 0 radical (unpaired) electrons. The van der Waals surface area contributed by atoms with Crippen LogP contribution in [0.2, 0.25) is 0 Å². The van der Waals surface area contributed by atoms with Crippen molar-refractivity contribution in [1.29, 1.82) is 0 Å². The summed E-state index contributed by atoms with van der Waals surface area (Å²) in [5.41, 5.74) is 7.14. The van der Waals surface area contributed by atoms with Crippen LogP contribution in [0.4, 0.5) is 4.39 Å². The van der Waals surface area contributed by atoms with E-state index in [9.17, 15) is 4.39 Å². The summed E-state index contributed by atoms with van der Waals surface area (Å²) in [7, 11) is 1.56. The van der Waals surface area contributed by atoms with Crippen LogP contribution in [0.5, 0.6) is 11.5 Å². The van der Waals surface area contributed by atoms with Crippen LogP contribution < -0.4 is 15.2 Å². The smallest absolute Gasteiger partial charge is 0.166 e. The molecule has 19 heavy (non-hydrogen) atoms. The highest BCUT2D eigenvalue weighted by Gasteiger charge is 2.09. The van der Waals surface area contributed by atoms with Crippen LogP contribution in [0, 0.1) is 5.82 Å². The Morgan fingerprint density at radius 1 is 1.32 bits per heavy atom. The van der Waals surface area contributed by atoms with Crippen LogP contribution in [0.15, 0.2) is 36.7 Å². The topological polar surface area (TPSA) is 57.4 Å². The van der Waals surface area contributed by atoms with Crippen molar-refractivity contribution in [2.45, 2.75) is 13.2 Å². The van der Waals surface area contributed by atoms with E-state index in [1.54, 1.807) is 19.4 Å². The Hall–Kier alpha value is -2.14. The zero-order valence-corrected chi connectivity index (χ0v) is 10.6. The van der Waals surface area contributed by atoms with Crippen molar-refractivity contribution in [1.82, 2.24) is 4.98 Å². The number of benzene rings is 1. The normalized spacial score (nSPS) is 10.3. The number of pyridine rings is 1. The molecule has 2 rings (SSSR count). The van der Waals surface area contributed by atoms with E-state index in [0.717, 1.165) is 11.8 Å². The predicted molar refractivity (Wildman–Crippen MR) is 69.4 cm³/mol. The number of hydrogen-bond donors (Lipinski definition) is 1. The minimum atomic E-state index is -0.389. The summed E-state index contributed by atoms with van der Waals surface area (Å²) in [4.78, 5) is 3.77. The zero-order chi connectivity index (χ0) is 13.7. The average molecular weight is 262 g/mol. The third-order valence-corrected chi connectivity index (χ3v) is 2.64. The molecule has 2 aromatic rings. The van der Waals surface area contributed by atoms with Crippen molar-refractivity contribution in [3.63, 3.8) is 0 Å². The number of nitrogens with zero attached hydrogens (tertiary/aromatic N) is 1. The van der Waals surface area contributed by atoms with Gasteiger partial charge in [-0.3, -0.25) is 4.98 Å². The van der Waals surface area contributed by atoms with Crippen LogP contribution in [0.3, 0.4) is 0 Å². The minimum absolute atomic E-state index is 0.206. The number of hydrogen-bond acceptors (Lipinski definition) is 4. The summed E-state index contributed by atoms with van der Waals surface area (Å²) in [6.07, 6.45) is 2.71. The molecular formula is C14H15FN2O2. The molecule has 1 aromatic heterocycles. The second kappa shape index (κ2) is 6.15. The molecule has 1 heterocycles. The second-order valence-corrected chi connectivity index (χ2v) is 3.95. The summed E-state index contributed by atoms with van der Waals surface area (Å²) in [6, 6.07) is 6.88. The molecule has 0 aliphatic carbocycles. The second-order valence-electron chi connectivity index (χ2n) is 3.95. The largest absolute Gasteiger partial charge is 0.493 e. The van der Waals surface area contributed by atoms with Crippen molar-refractivity contribution in [2.75, 3.05) is 7.11 Å². The number of halogens is 1. The van der Waals surface area contributed by atoms with Gasteiger partial charge in [-0.05, 0) is 12.1 Å². The molecule has 0 saturated carbocycles. The lowest BCUT2D eigenvalue weighted by Gasteiger charge is -2.14. The highest BCUT2D eigenvalue weighted by Crippen LogP contribution is 2.31. The van der Waals surface area contributed by atoms with E-state index in [1.165, 1.54) is 6.07 Å². The van der Waals surface area contributed by atoms with Crippen LogP contribution in [-0.4, -0.2) is 12.1 Å². The molecule has 0 fully saturated rings. The average Bonchev–Trinajstić information content (AvgIpc) is 2.44. The van der Waals surface area contributed by atoms with Crippen LogP contribution >= 0.6 is 0 Å². The molecule has 0 bridgehead atoms. The molecule has 0 aliphatic rings. The highest BCUT2D eigenvalue weighted by atomic mass is 19.1. The van der Waals surface area contributed by atoms with Gasteiger partial charge in [-0.25, -0.2) is 4.39 Å². The van der Waals surface area contributed by atoms with E-state index < -0.39 is 0 Å². The zero-order valence-electron chi connectivity index (χ0n) is 10.6.